The number of imidazole rings is 1. The minimum atomic E-state index is -1.24. The Balaban J connectivity index is 1.73. The van der Waals surface area contributed by atoms with E-state index in [0.29, 0.717) is 22.4 Å². The summed E-state index contributed by atoms with van der Waals surface area (Å²) in [4.78, 5) is 12.6. The summed E-state index contributed by atoms with van der Waals surface area (Å²) < 4.78 is 7.00. The standard InChI is InChI=1S/C18H18N4O5/c23-7-13-15(25)16(26)18(27-13)22-9-21-14-11(19-8-20-17(14)22)6-12(24)10-4-2-1-3-5-10/h1-6,8-9,13,15-16,18,23-26H,7H2/b12-6+. The SMILES string of the molecule is OCC1OC(n2cnc3c(/C=C(/O)c4ccccc4)ncnc32)C(O)C1O. The highest BCUT2D eigenvalue weighted by atomic mass is 16.6. The second-order valence-corrected chi connectivity index (χ2v) is 6.21. The molecule has 9 heteroatoms. The fraction of sp³-hybridized carbons (Fsp3) is 0.278. The van der Waals surface area contributed by atoms with Gasteiger partial charge in [-0.05, 0) is 0 Å². The first-order valence-corrected chi connectivity index (χ1v) is 8.36. The molecule has 2 aromatic heterocycles. The number of hydrogen-bond acceptors (Lipinski definition) is 8. The molecule has 4 rings (SSSR count). The van der Waals surface area contributed by atoms with Crippen molar-refractivity contribution in [1.29, 1.82) is 0 Å². The Morgan fingerprint density at radius 1 is 1.11 bits per heavy atom. The zero-order valence-electron chi connectivity index (χ0n) is 14.1. The van der Waals surface area contributed by atoms with Gasteiger partial charge in [0.05, 0.1) is 18.6 Å². The fourth-order valence-corrected chi connectivity index (χ4v) is 3.09. The Bertz CT molecular complexity index is 974. The Hall–Kier alpha value is -2.85. The van der Waals surface area contributed by atoms with Gasteiger partial charge in [-0.1, -0.05) is 30.3 Å². The molecule has 3 heterocycles. The maximum atomic E-state index is 10.3. The lowest BCUT2D eigenvalue weighted by molar-refractivity contribution is -0.0511. The molecular weight excluding hydrogens is 352 g/mol. The predicted molar refractivity (Wildman–Crippen MR) is 95.3 cm³/mol. The summed E-state index contributed by atoms with van der Waals surface area (Å²) in [6.07, 6.45) is -0.106. The second-order valence-electron chi connectivity index (χ2n) is 6.21. The summed E-state index contributed by atoms with van der Waals surface area (Å²) in [6.45, 7) is -0.421. The van der Waals surface area contributed by atoms with Crippen LogP contribution in [0.3, 0.4) is 0 Å². The van der Waals surface area contributed by atoms with Crippen LogP contribution < -0.4 is 0 Å². The van der Waals surface area contributed by atoms with Crippen LogP contribution in [0.4, 0.5) is 0 Å². The van der Waals surface area contributed by atoms with E-state index in [4.69, 9.17) is 4.74 Å². The van der Waals surface area contributed by atoms with E-state index < -0.39 is 31.1 Å². The van der Waals surface area contributed by atoms with Gasteiger partial charge in [0.2, 0.25) is 0 Å². The minimum absolute atomic E-state index is 0.0260. The van der Waals surface area contributed by atoms with Gasteiger partial charge in [-0.2, -0.15) is 0 Å². The molecule has 4 unspecified atom stereocenters. The summed E-state index contributed by atoms with van der Waals surface area (Å²) in [5.74, 6) is 0.0260. The van der Waals surface area contributed by atoms with Crippen LogP contribution >= 0.6 is 0 Å². The van der Waals surface area contributed by atoms with Crippen molar-refractivity contribution in [2.75, 3.05) is 6.61 Å². The molecule has 0 saturated carbocycles. The quantitative estimate of drug-likeness (QED) is 0.488. The maximum Gasteiger partial charge on any atom is 0.166 e. The lowest BCUT2D eigenvalue weighted by Gasteiger charge is -2.16. The lowest BCUT2D eigenvalue weighted by atomic mass is 10.1. The number of hydrogen-bond donors (Lipinski definition) is 4. The zero-order valence-corrected chi connectivity index (χ0v) is 14.1. The Kier molecular flexibility index (Phi) is 4.58. The molecule has 0 bridgehead atoms. The Morgan fingerprint density at radius 2 is 1.89 bits per heavy atom. The lowest BCUT2D eigenvalue weighted by Crippen LogP contribution is -2.33. The number of benzene rings is 1. The minimum Gasteiger partial charge on any atom is -0.507 e. The molecule has 4 atom stereocenters. The third-order valence-corrected chi connectivity index (χ3v) is 4.52. The first-order chi connectivity index (χ1) is 13.1. The fourth-order valence-electron chi connectivity index (χ4n) is 3.09. The number of aromatic nitrogens is 4. The van der Waals surface area contributed by atoms with Gasteiger partial charge in [0.15, 0.2) is 11.9 Å². The summed E-state index contributed by atoms with van der Waals surface area (Å²) in [7, 11) is 0. The first kappa shape index (κ1) is 17.6. The first-order valence-electron chi connectivity index (χ1n) is 8.36. The summed E-state index contributed by atoms with van der Waals surface area (Å²) in [6, 6.07) is 9.00. The van der Waals surface area contributed by atoms with E-state index in [1.54, 1.807) is 12.1 Å². The molecule has 0 spiro atoms. The van der Waals surface area contributed by atoms with Crippen LogP contribution in [0.15, 0.2) is 43.0 Å². The molecule has 1 saturated heterocycles. The van der Waals surface area contributed by atoms with Crippen LogP contribution in [-0.2, 0) is 4.74 Å². The highest BCUT2D eigenvalue weighted by Crippen LogP contribution is 2.31. The third kappa shape index (κ3) is 3.06. The smallest absolute Gasteiger partial charge is 0.166 e. The molecule has 0 radical (unpaired) electrons. The van der Waals surface area contributed by atoms with Crippen LogP contribution in [0, 0.1) is 0 Å². The summed E-state index contributed by atoms with van der Waals surface area (Å²) >= 11 is 0. The van der Waals surface area contributed by atoms with Crippen molar-refractivity contribution in [3.05, 3.63) is 54.2 Å². The Labute approximate surface area is 153 Å². The number of aliphatic hydroxyl groups is 4. The van der Waals surface area contributed by atoms with Crippen LogP contribution in [0.2, 0.25) is 0 Å². The number of nitrogens with zero attached hydrogens (tertiary/aromatic N) is 4. The average molecular weight is 370 g/mol. The van der Waals surface area contributed by atoms with Crippen LogP contribution in [-0.4, -0.2) is 64.9 Å². The van der Waals surface area contributed by atoms with Gasteiger partial charge in [0.1, 0.15) is 35.9 Å². The van der Waals surface area contributed by atoms with Gasteiger partial charge in [0, 0.05) is 11.6 Å². The molecular formula is C18H18N4O5. The molecule has 1 aliphatic rings. The van der Waals surface area contributed by atoms with E-state index >= 15 is 0 Å². The van der Waals surface area contributed by atoms with Gasteiger partial charge in [-0.25, -0.2) is 15.0 Å². The van der Waals surface area contributed by atoms with Crippen LogP contribution in [0.5, 0.6) is 0 Å². The van der Waals surface area contributed by atoms with E-state index in [0.717, 1.165) is 0 Å². The van der Waals surface area contributed by atoms with Crippen molar-refractivity contribution in [2.45, 2.75) is 24.5 Å². The molecule has 0 aliphatic carbocycles. The molecule has 1 aliphatic heterocycles. The third-order valence-electron chi connectivity index (χ3n) is 4.52. The van der Waals surface area contributed by atoms with Gasteiger partial charge >= 0.3 is 0 Å². The molecule has 0 amide bonds. The van der Waals surface area contributed by atoms with E-state index in [2.05, 4.69) is 15.0 Å². The highest BCUT2D eigenvalue weighted by Gasteiger charge is 2.43. The van der Waals surface area contributed by atoms with Gasteiger partial charge in [0.25, 0.3) is 0 Å². The molecule has 140 valence electrons. The van der Waals surface area contributed by atoms with Gasteiger partial charge < -0.3 is 25.2 Å². The number of fused-ring (bicyclic) bond motifs is 1. The zero-order chi connectivity index (χ0) is 19.0. The van der Waals surface area contributed by atoms with Crippen molar-refractivity contribution >= 4 is 23.0 Å². The van der Waals surface area contributed by atoms with Gasteiger partial charge in [-0.3, -0.25) is 4.57 Å². The predicted octanol–water partition coefficient (Wildman–Crippen LogP) is 0.494. The van der Waals surface area contributed by atoms with Crippen molar-refractivity contribution in [3.8, 4) is 0 Å². The van der Waals surface area contributed by atoms with Gasteiger partial charge in [-0.15, -0.1) is 0 Å². The van der Waals surface area contributed by atoms with E-state index in [1.165, 1.54) is 23.3 Å². The van der Waals surface area contributed by atoms with Crippen molar-refractivity contribution in [3.63, 3.8) is 0 Å². The molecule has 3 aromatic rings. The molecule has 1 aromatic carbocycles. The molecule has 4 N–H and O–H groups in total. The van der Waals surface area contributed by atoms with E-state index in [9.17, 15) is 20.4 Å². The van der Waals surface area contributed by atoms with E-state index in [1.807, 2.05) is 18.2 Å². The monoisotopic (exact) mass is 370 g/mol. The summed E-state index contributed by atoms with van der Waals surface area (Å²) in [5.41, 5.74) is 1.80. The normalized spacial score (nSPS) is 26.0. The second kappa shape index (κ2) is 7.05. The largest absolute Gasteiger partial charge is 0.507 e. The number of ether oxygens (including phenoxy) is 1. The Morgan fingerprint density at radius 3 is 2.59 bits per heavy atom. The van der Waals surface area contributed by atoms with Crippen molar-refractivity contribution < 1.29 is 25.2 Å². The summed E-state index contributed by atoms with van der Waals surface area (Å²) in [5, 5.41) is 39.8. The molecule has 1 fully saturated rings. The van der Waals surface area contributed by atoms with Crippen molar-refractivity contribution in [2.24, 2.45) is 0 Å². The van der Waals surface area contributed by atoms with E-state index in [-0.39, 0.29) is 5.76 Å². The number of rotatable bonds is 4. The van der Waals surface area contributed by atoms with Crippen LogP contribution in [0.1, 0.15) is 17.5 Å². The number of aliphatic hydroxyl groups excluding tert-OH is 4. The average Bonchev–Trinajstić information content (AvgIpc) is 3.25. The molecule has 27 heavy (non-hydrogen) atoms. The highest BCUT2D eigenvalue weighted by molar-refractivity contribution is 5.86. The molecule has 9 nitrogen and oxygen atoms in total. The topological polar surface area (TPSA) is 134 Å². The maximum absolute atomic E-state index is 10.3. The van der Waals surface area contributed by atoms with Crippen LogP contribution in [0.25, 0.3) is 23.0 Å². The van der Waals surface area contributed by atoms with Crippen molar-refractivity contribution in [1.82, 2.24) is 19.5 Å².